The largest absolute Gasteiger partial charge is 0.416 e. The van der Waals surface area contributed by atoms with E-state index in [0.29, 0.717) is 0 Å². The smallest absolute Gasteiger partial charge is 0.391 e. The maximum Gasteiger partial charge on any atom is 0.416 e. The fourth-order valence-corrected chi connectivity index (χ4v) is 2.96. The summed E-state index contributed by atoms with van der Waals surface area (Å²) in [5.41, 5.74) is -0.597. The lowest BCUT2D eigenvalue weighted by Gasteiger charge is -2.27. The highest BCUT2D eigenvalue weighted by molar-refractivity contribution is 5.94. The Hall–Kier alpha value is -2.48. The van der Waals surface area contributed by atoms with Gasteiger partial charge in [0.15, 0.2) is 0 Å². The van der Waals surface area contributed by atoms with E-state index in [4.69, 9.17) is 0 Å². The van der Waals surface area contributed by atoms with Gasteiger partial charge in [0.25, 0.3) is 5.91 Å². The topological polar surface area (TPSA) is 66.3 Å². The third-order valence-electron chi connectivity index (χ3n) is 4.00. The van der Waals surface area contributed by atoms with Gasteiger partial charge in [-0.3, -0.25) is 4.79 Å². The zero-order chi connectivity index (χ0) is 17.3. The summed E-state index contributed by atoms with van der Waals surface area (Å²) in [5, 5.41) is 17.1. The van der Waals surface area contributed by atoms with Gasteiger partial charge in [-0.05, 0) is 24.1 Å². The van der Waals surface area contributed by atoms with Crippen molar-refractivity contribution in [2.75, 3.05) is 6.54 Å². The second-order valence-electron chi connectivity index (χ2n) is 5.58. The summed E-state index contributed by atoms with van der Waals surface area (Å²) in [6.45, 7) is -0.0297. The van der Waals surface area contributed by atoms with Crippen LogP contribution < -0.4 is 0 Å². The Balaban J connectivity index is 1.99. The number of rotatable bonds is 2. The third kappa shape index (κ3) is 3.09. The molecule has 1 aromatic carbocycles. The molecule has 0 aliphatic carbocycles. The number of nitrogens with zero attached hydrogens (tertiary/aromatic N) is 3. The SMILES string of the molecule is O=C(c1ccnnc1)N1C[C@@H](O)C[C@H]1c1ccccc1C(F)(F)F. The number of aliphatic hydroxyl groups is 1. The van der Waals surface area contributed by atoms with Gasteiger partial charge in [0.2, 0.25) is 0 Å². The number of carbonyl (C=O) groups is 1. The Morgan fingerprint density at radius 3 is 2.62 bits per heavy atom. The molecule has 1 amide bonds. The molecule has 1 aliphatic heterocycles. The van der Waals surface area contributed by atoms with Crippen LogP contribution in [0, 0.1) is 0 Å². The van der Waals surface area contributed by atoms with Crippen LogP contribution in [0.4, 0.5) is 13.2 Å². The molecule has 1 fully saturated rings. The summed E-state index contributed by atoms with van der Waals surface area (Å²) in [4.78, 5) is 13.9. The first kappa shape index (κ1) is 16.4. The lowest BCUT2D eigenvalue weighted by Crippen LogP contribution is -2.32. The number of benzene rings is 1. The lowest BCUT2D eigenvalue weighted by atomic mass is 9.97. The summed E-state index contributed by atoms with van der Waals surface area (Å²) >= 11 is 0. The zero-order valence-electron chi connectivity index (χ0n) is 12.4. The number of β-amino-alcohol motifs (C(OH)–C–C–N with tert-alkyl or cyclic N) is 1. The van der Waals surface area contributed by atoms with Crippen LogP contribution in [-0.4, -0.2) is 38.8 Å². The first-order valence-electron chi connectivity index (χ1n) is 7.30. The number of aliphatic hydroxyl groups excluding tert-OH is 1. The van der Waals surface area contributed by atoms with Gasteiger partial charge in [0.1, 0.15) is 0 Å². The number of likely N-dealkylation sites (tertiary alicyclic amines) is 1. The first-order valence-corrected chi connectivity index (χ1v) is 7.30. The summed E-state index contributed by atoms with van der Waals surface area (Å²) in [7, 11) is 0. The molecule has 0 radical (unpaired) electrons. The highest BCUT2D eigenvalue weighted by atomic mass is 19.4. The van der Waals surface area contributed by atoms with E-state index in [1.807, 2.05) is 0 Å². The standard InChI is InChI=1S/C16H14F3N3O2/c17-16(18,19)13-4-2-1-3-12(13)14-7-11(23)9-22(14)15(24)10-5-6-20-21-8-10/h1-6,8,11,14,23H,7,9H2/t11-,14-/m0/s1. The number of carbonyl (C=O) groups excluding carboxylic acids is 1. The van der Waals surface area contributed by atoms with Crippen LogP contribution in [0.25, 0.3) is 0 Å². The summed E-state index contributed by atoms with van der Waals surface area (Å²) in [6.07, 6.45) is -2.78. The fourth-order valence-electron chi connectivity index (χ4n) is 2.96. The van der Waals surface area contributed by atoms with Crippen molar-refractivity contribution in [1.29, 1.82) is 0 Å². The molecular weight excluding hydrogens is 323 g/mol. The van der Waals surface area contributed by atoms with Gasteiger partial charge in [-0.2, -0.15) is 23.4 Å². The van der Waals surface area contributed by atoms with E-state index in [-0.39, 0.29) is 24.1 Å². The van der Waals surface area contributed by atoms with E-state index in [2.05, 4.69) is 10.2 Å². The Bertz CT molecular complexity index is 737. The summed E-state index contributed by atoms with van der Waals surface area (Å²) < 4.78 is 39.8. The molecule has 1 aromatic heterocycles. The molecule has 5 nitrogen and oxygen atoms in total. The molecule has 1 saturated heterocycles. The van der Waals surface area contributed by atoms with Crippen molar-refractivity contribution >= 4 is 5.91 Å². The van der Waals surface area contributed by atoms with Gasteiger partial charge >= 0.3 is 6.18 Å². The minimum Gasteiger partial charge on any atom is -0.391 e. The lowest BCUT2D eigenvalue weighted by molar-refractivity contribution is -0.138. The van der Waals surface area contributed by atoms with Crippen LogP contribution in [0.15, 0.2) is 42.7 Å². The van der Waals surface area contributed by atoms with Gasteiger partial charge in [-0.1, -0.05) is 18.2 Å². The molecule has 2 heterocycles. The molecule has 8 heteroatoms. The van der Waals surface area contributed by atoms with Crippen molar-refractivity contribution in [3.8, 4) is 0 Å². The van der Waals surface area contributed by atoms with Crippen molar-refractivity contribution < 1.29 is 23.1 Å². The van der Waals surface area contributed by atoms with E-state index in [0.717, 1.165) is 6.07 Å². The molecule has 0 bridgehead atoms. The molecule has 3 rings (SSSR count). The van der Waals surface area contributed by atoms with E-state index in [1.165, 1.54) is 41.6 Å². The second kappa shape index (κ2) is 6.20. The maximum absolute atomic E-state index is 13.3. The van der Waals surface area contributed by atoms with Crippen molar-refractivity contribution in [2.45, 2.75) is 24.7 Å². The van der Waals surface area contributed by atoms with Crippen LogP contribution in [-0.2, 0) is 6.18 Å². The number of hydrogen-bond acceptors (Lipinski definition) is 4. The number of alkyl halides is 3. The van der Waals surface area contributed by atoms with E-state index in [9.17, 15) is 23.1 Å². The predicted molar refractivity (Wildman–Crippen MR) is 77.9 cm³/mol. The van der Waals surface area contributed by atoms with Crippen molar-refractivity contribution in [3.05, 3.63) is 59.4 Å². The average molecular weight is 337 g/mol. The number of hydrogen-bond donors (Lipinski definition) is 1. The number of halogens is 3. The third-order valence-corrected chi connectivity index (χ3v) is 4.00. The molecule has 0 spiro atoms. The van der Waals surface area contributed by atoms with Crippen molar-refractivity contribution in [1.82, 2.24) is 15.1 Å². The minimum atomic E-state index is -4.53. The molecule has 1 aliphatic rings. The summed E-state index contributed by atoms with van der Waals surface area (Å²) in [5.74, 6) is -0.483. The molecule has 24 heavy (non-hydrogen) atoms. The quantitative estimate of drug-likeness (QED) is 0.914. The highest BCUT2D eigenvalue weighted by Crippen LogP contribution is 2.40. The Labute approximate surface area is 135 Å². The van der Waals surface area contributed by atoms with E-state index in [1.54, 1.807) is 0 Å². The van der Waals surface area contributed by atoms with Crippen molar-refractivity contribution in [2.24, 2.45) is 0 Å². The molecule has 2 atom stereocenters. The van der Waals surface area contributed by atoms with Crippen LogP contribution in [0.3, 0.4) is 0 Å². The minimum absolute atomic E-state index is 0.0167. The fraction of sp³-hybridized carbons (Fsp3) is 0.312. The monoisotopic (exact) mass is 337 g/mol. The van der Waals surface area contributed by atoms with Gasteiger partial charge in [0, 0.05) is 6.54 Å². The molecule has 0 saturated carbocycles. The number of amides is 1. The maximum atomic E-state index is 13.3. The Kier molecular flexibility index (Phi) is 4.23. The van der Waals surface area contributed by atoms with Crippen molar-refractivity contribution in [3.63, 3.8) is 0 Å². The van der Waals surface area contributed by atoms with Gasteiger partial charge in [-0.25, -0.2) is 0 Å². The van der Waals surface area contributed by atoms with Crippen LogP contribution in [0.5, 0.6) is 0 Å². The van der Waals surface area contributed by atoms with Crippen LogP contribution >= 0.6 is 0 Å². The zero-order valence-corrected chi connectivity index (χ0v) is 12.4. The van der Waals surface area contributed by atoms with E-state index >= 15 is 0 Å². The molecular formula is C16H14F3N3O2. The average Bonchev–Trinajstić information content (AvgIpc) is 2.96. The molecule has 1 N–H and O–H groups in total. The Morgan fingerprint density at radius 2 is 1.96 bits per heavy atom. The Morgan fingerprint density at radius 1 is 1.21 bits per heavy atom. The van der Waals surface area contributed by atoms with Crippen LogP contribution in [0.1, 0.15) is 33.9 Å². The molecule has 0 unspecified atom stereocenters. The van der Waals surface area contributed by atoms with Gasteiger partial charge in [0.05, 0.1) is 35.7 Å². The molecule has 2 aromatic rings. The van der Waals surface area contributed by atoms with Crippen LogP contribution in [0.2, 0.25) is 0 Å². The first-order chi connectivity index (χ1) is 11.4. The van der Waals surface area contributed by atoms with Gasteiger partial charge < -0.3 is 10.0 Å². The normalized spacial score (nSPS) is 21.1. The van der Waals surface area contributed by atoms with Gasteiger partial charge in [-0.15, -0.1) is 0 Å². The highest BCUT2D eigenvalue weighted by Gasteiger charge is 2.41. The summed E-state index contributed by atoms with van der Waals surface area (Å²) in [6, 6.07) is 5.71. The number of aromatic nitrogens is 2. The molecule has 126 valence electrons. The second-order valence-corrected chi connectivity index (χ2v) is 5.58. The van der Waals surface area contributed by atoms with E-state index < -0.39 is 29.8 Å². The predicted octanol–water partition coefficient (Wildman–Crippen LogP) is 2.44.